The van der Waals surface area contributed by atoms with Gasteiger partial charge in [0.25, 0.3) is 0 Å². The highest BCUT2D eigenvalue weighted by Gasteiger charge is 2.24. The van der Waals surface area contributed by atoms with Crippen LogP contribution in [0.2, 0.25) is 5.02 Å². The lowest BCUT2D eigenvalue weighted by atomic mass is 10.1. The number of para-hydroxylation sites is 1. The lowest BCUT2D eigenvalue weighted by molar-refractivity contribution is -0.111. The Labute approximate surface area is 253 Å². The van der Waals surface area contributed by atoms with Gasteiger partial charge in [-0.2, -0.15) is 4.98 Å². The van der Waals surface area contributed by atoms with Crippen molar-refractivity contribution in [2.75, 3.05) is 47.0 Å². The summed E-state index contributed by atoms with van der Waals surface area (Å²) < 4.78 is 25.9. The molecule has 1 aromatic heterocycles. The number of benzene rings is 2. The van der Waals surface area contributed by atoms with E-state index in [9.17, 15) is 13.2 Å². The van der Waals surface area contributed by atoms with Crippen LogP contribution in [0.1, 0.15) is 33.3 Å². The molecule has 0 spiro atoms. The summed E-state index contributed by atoms with van der Waals surface area (Å²) in [5, 5.41) is 8.87. The Hall–Kier alpha value is -3.67. The molecule has 3 N–H and O–H groups in total. The molecule has 0 saturated carbocycles. The molecule has 0 radical (unpaired) electrons. The monoisotopic (exact) mass is 611 g/mol. The van der Waals surface area contributed by atoms with Crippen LogP contribution in [0.4, 0.5) is 34.5 Å². The van der Waals surface area contributed by atoms with Crippen LogP contribution in [0.3, 0.4) is 0 Å². The van der Waals surface area contributed by atoms with Crippen molar-refractivity contribution >= 4 is 61.9 Å². The summed E-state index contributed by atoms with van der Waals surface area (Å²) in [5.74, 6) is 0.183. The summed E-state index contributed by atoms with van der Waals surface area (Å²) in [6.45, 7) is 16.8. The van der Waals surface area contributed by atoms with Crippen molar-refractivity contribution in [2.45, 2.75) is 50.8 Å². The predicted octanol–water partition coefficient (Wildman–Crippen LogP) is 5.76. The third kappa shape index (κ3) is 7.03. The summed E-state index contributed by atoms with van der Waals surface area (Å²) in [6.07, 6.45) is 2.68. The number of aryl methyl sites for hydroxylation is 1. The second-order valence-electron chi connectivity index (χ2n) is 10.7. The van der Waals surface area contributed by atoms with Gasteiger partial charge in [-0.3, -0.25) is 9.69 Å². The summed E-state index contributed by atoms with van der Waals surface area (Å²) in [5.41, 5.74) is 3.56. The maximum absolute atomic E-state index is 12.9. The molecular formula is C30H38ClN7O3S. The number of sulfone groups is 1. The Kier molecular flexibility index (Phi) is 9.75. The minimum atomic E-state index is -3.56. The van der Waals surface area contributed by atoms with Crippen LogP contribution in [0.5, 0.6) is 0 Å². The Balaban J connectivity index is 1.64. The van der Waals surface area contributed by atoms with Crippen LogP contribution < -0.4 is 20.9 Å². The zero-order chi connectivity index (χ0) is 30.6. The minimum Gasteiger partial charge on any atom is -0.367 e. The molecule has 0 unspecified atom stereocenters. The first kappa shape index (κ1) is 31.3. The number of nitrogens with one attached hydrogen (secondary N) is 3. The van der Waals surface area contributed by atoms with Crippen molar-refractivity contribution in [2.24, 2.45) is 0 Å². The fourth-order valence-electron chi connectivity index (χ4n) is 4.69. The van der Waals surface area contributed by atoms with Gasteiger partial charge in [0.05, 0.1) is 33.4 Å². The minimum absolute atomic E-state index is 0.160. The van der Waals surface area contributed by atoms with Gasteiger partial charge in [0.2, 0.25) is 11.9 Å². The Bertz CT molecular complexity index is 1570. The molecule has 10 nitrogen and oxygen atoms in total. The molecule has 42 heavy (non-hydrogen) atoms. The molecule has 4 rings (SSSR count). The lowest BCUT2D eigenvalue weighted by Gasteiger charge is -2.39. The van der Waals surface area contributed by atoms with Gasteiger partial charge in [-0.15, -0.1) is 0 Å². The lowest BCUT2D eigenvalue weighted by Crippen LogP contribution is -2.49. The van der Waals surface area contributed by atoms with Crippen LogP contribution in [0.15, 0.2) is 60.1 Å². The molecule has 12 heteroatoms. The van der Waals surface area contributed by atoms with Crippen molar-refractivity contribution in [3.63, 3.8) is 0 Å². The standard InChI is InChI=1S/C30H38ClN7O3S/c1-7-28(39)33-25-17-24(21(6)16-26(25)38-14-12-37(13-15-38)19(2)3)35-30-32-18-22(31)29(36-30)34-23-10-8-9-11-27(23)42(40,41)20(4)5/h7-11,16-20H,1,12-15H2,2-6H3,(H,33,39)(H2,32,34,35,36). The average molecular weight is 612 g/mol. The molecule has 3 aromatic rings. The number of piperazine rings is 1. The van der Waals surface area contributed by atoms with E-state index in [-0.39, 0.29) is 27.6 Å². The Morgan fingerprint density at radius 2 is 1.71 bits per heavy atom. The molecule has 2 aromatic carbocycles. The summed E-state index contributed by atoms with van der Waals surface area (Å²) >= 11 is 6.41. The fourth-order valence-corrected chi connectivity index (χ4v) is 6.03. The number of nitrogens with zero attached hydrogens (tertiary/aromatic N) is 4. The summed E-state index contributed by atoms with van der Waals surface area (Å²) in [4.78, 5) is 26.1. The number of aromatic nitrogens is 2. The first-order chi connectivity index (χ1) is 19.9. The molecule has 2 heterocycles. The maximum atomic E-state index is 12.9. The van der Waals surface area contributed by atoms with E-state index in [0.29, 0.717) is 23.1 Å². The average Bonchev–Trinajstić information content (AvgIpc) is 2.96. The molecular weight excluding hydrogens is 574 g/mol. The van der Waals surface area contributed by atoms with Gasteiger partial charge in [-0.05, 0) is 70.5 Å². The number of halogens is 1. The third-order valence-corrected chi connectivity index (χ3v) is 9.72. The molecule has 1 amide bonds. The largest absolute Gasteiger partial charge is 0.367 e. The molecule has 1 aliphatic rings. The smallest absolute Gasteiger partial charge is 0.247 e. The van der Waals surface area contributed by atoms with E-state index < -0.39 is 15.1 Å². The van der Waals surface area contributed by atoms with E-state index in [2.05, 4.69) is 56.1 Å². The third-order valence-electron chi connectivity index (χ3n) is 7.23. The van der Waals surface area contributed by atoms with Crippen LogP contribution in [-0.4, -0.2) is 66.7 Å². The first-order valence-corrected chi connectivity index (χ1v) is 15.8. The van der Waals surface area contributed by atoms with Gasteiger partial charge in [-0.25, -0.2) is 13.4 Å². The van der Waals surface area contributed by atoms with Crippen molar-refractivity contribution in [3.8, 4) is 0 Å². The Morgan fingerprint density at radius 3 is 2.36 bits per heavy atom. The molecule has 0 atom stereocenters. The van der Waals surface area contributed by atoms with E-state index in [1.54, 1.807) is 38.1 Å². The molecule has 0 aliphatic carbocycles. The number of rotatable bonds is 10. The van der Waals surface area contributed by atoms with Gasteiger partial charge in [0.1, 0.15) is 5.02 Å². The second-order valence-corrected chi connectivity index (χ2v) is 13.6. The van der Waals surface area contributed by atoms with E-state index in [0.717, 1.165) is 37.4 Å². The van der Waals surface area contributed by atoms with Crippen LogP contribution in [0, 0.1) is 6.92 Å². The summed E-state index contributed by atoms with van der Waals surface area (Å²) in [6, 6.07) is 11.0. The van der Waals surface area contributed by atoms with E-state index in [1.807, 2.05) is 19.1 Å². The SMILES string of the molecule is C=CC(=O)Nc1cc(Nc2ncc(Cl)c(Nc3ccccc3S(=O)(=O)C(C)C)n2)c(C)cc1N1CCN(C(C)C)CC1. The number of hydrogen-bond donors (Lipinski definition) is 3. The second kappa shape index (κ2) is 13.1. The first-order valence-electron chi connectivity index (χ1n) is 13.9. The van der Waals surface area contributed by atoms with Gasteiger partial charge in [-0.1, -0.05) is 30.3 Å². The normalized spacial score (nSPS) is 14.2. The highest BCUT2D eigenvalue weighted by molar-refractivity contribution is 7.92. The Morgan fingerprint density at radius 1 is 1.02 bits per heavy atom. The summed E-state index contributed by atoms with van der Waals surface area (Å²) in [7, 11) is -3.56. The number of anilines is 6. The number of carbonyl (C=O) groups excluding carboxylic acids is 1. The molecule has 224 valence electrons. The molecule has 1 aliphatic heterocycles. The van der Waals surface area contributed by atoms with Crippen LogP contribution in [-0.2, 0) is 14.6 Å². The highest BCUT2D eigenvalue weighted by atomic mass is 35.5. The topological polar surface area (TPSA) is 120 Å². The van der Waals surface area contributed by atoms with E-state index in [1.165, 1.54) is 12.3 Å². The predicted molar refractivity (Wildman–Crippen MR) is 171 cm³/mol. The molecule has 1 fully saturated rings. The molecule has 1 saturated heterocycles. The van der Waals surface area contributed by atoms with E-state index >= 15 is 0 Å². The van der Waals surface area contributed by atoms with Crippen molar-refractivity contribution in [1.82, 2.24) is 14.9 Å². The van der Waals surface area contributed by atoms with Crippen molar-refractivity contribution in [1.29, 1.82) is 0 Å². The van der Waals surface area contributed by atoms with Gasteiger partial charge >= 0.3 is 0 Å². The number of hydrogen-bond acceptors (Lipinski definition) is 9. The fraction of sp³-hybridized carbons (Fsp3) is 0.367. The van der Waals surface area contributed by atoms with Crippen molar-refractivity contribution < 1.29 is 13.2 Å². The van der Waals surface area contributed by atoms with Crippen LogP contribution in [0.25, 0.3) is 0 Å². The quantitative estimate of drug-likeness (QED) is 0.246. The maximum Gasteiger partial charge on any atom is 0.247 e. The number of amides is 1. The van der Waals surface area contributed by atoms with E-state index in [4.69, 9.17) is 11.6 Å². The van der Waals surface area contributed by atoms with Crippen molar-refractivity contribution in [3.05, 3.63) is 65.8 Å². The van der Waals surface area contributed by atoms with Gasteiger partial charge < -0.3 is 20.9 Å². The zero-order valence-electron chi connectivity index (χ0n) is 24.6. The molecule has 0 bridgehead atoms. The van der Waals surface area contributed by atoms with Crippen LogP contribution >= 0.6 is 11.6 Å². The number of carbonyl (C=O) groups is 1. The van der Waals surface area contributed by atoms with Gasteiger partial charge in [0.15, 0.2) is 15.7 Å². The highest BCUT2D eigenvalue weighted by Crippen LogP contribution is 2.35. The van der Waals surface area contributed by atoms with Gasteiger partial charge in [0, 0.05) is 37.9 Å². The zero-order valence-corrected chi connectivity index (χ0v) is 26.2.